The van der Waals surface area contributed by atoms with E-state index in [1.165, 1.54) is 13.1 Å². The van der Waals surface area contributed by atoms with Gasteiger partial charge >= 0.3 is 0 Å². The molecule has 2 nitrogen and oxygen atoms in total. The number of hydrogen-bond donors (Lipinski definition) is 1. The number of anilines is 1. The molecule has 0 spiro atoms. The molecule has 0 aliphatic heterocycles. The first-order chi connectivity index (χ1) is 9.01. The molecule has 2 rings (SSSR count). The Morgan fingerprint density at radius 2 is 1.68 bits per heavy atom. The highest BCUT2D eigenvalue weighted by Gasteiger charge is 2.13. The summed E-state index contributed by atoms with van der Waals surface area (Å²) in [4.78, 5) is 3.99. The molecule has 19 heavy (non-hydrogen) atoms. The van der Waals surface area contributed by atoms with Crippen LogP contribution in [0.5, 0.6) is 0 Å². The second kappa shape index (κ2) is 5.48. The first kappa shape index (κ1) is 13.7. The van der Waals surface area contributed by atoms with Gasteiger partial charge in [-0.05, 0) is 18.2 Å². The van der Waals surface area contributed by atoms with Crippen molar-refractivity contribution < 1.29 is 17.6 Å². The summed E-state index contributed by atoms with van der Waals surface area (Å²) in [6.45, 7) is 0. The van der Waals surface area contributed by atoms with Crippen LogP contribution in [0.15, 0.2) is 34.2 Å². The van der Waals surface area contributed by atoms with Gasteiger partial charge < -0.3 is 5.32 Å². The van der Waals surface area contributed by atoms with E-state index >= 15 is 0 Å². The molecule has 0 radical (unpaired) electrons. The van der Waals surface area contributed by atoms with Crippen molar-refractivity contribution in [1.29, 1.82) is 0 Å². The second-order valence-electron chi connectivity index (χ2n) is 3.53. The lowest BCUT2D eigenvalue weighted by Crippen LogP contribution is -1.99. The third-order valence-electron chi connectivity index (χ3n) is 2.24. The fourth-order valence-corrected chi connectivity index (χ4v) is 2.16. The summed E-state index contributed by atoms with van der Waals surface area (Å²) in [7, 11) is 1.44. The van der Waals surface area contributed by atoms with Gasteiger partial charge in [-0.25, -0.2) is 22.5 Å². The minimum Gasteiger partial charge on any atom is -0.371 e. The summed E-state index contributed by atoms with van der Waals surface area (Å²) in [5.41, 5.74) is 0. The molecule has 0 bridgehead atoms. The van der Waals surface area contributed by atoms with Crippen LogP contribution in [0.4, 0.5) is 23.4 Å². The molecule has 1 aromatic heterocycles. The molecule has 0 amide bonds. The van der Waals surface area contributed by atoms with Gasteiger partial charge in [0.2, 0.25) is 0 Å². The minimum absolute atomic E-state index is 0.119. The molecule has 2 aromatic rings. The lowest BCUT2D eigenvalue weighted by Gasteiger charge is -2.06. The highest BCUT2D eigenvalue weighted by molar-refractivity contribution is 7.99. The number of rotatable bonds is 3. The number of halogens is 4. The maximum absolute atomic E-state index is 13.5. The maximum Gasteiger partial charge on any atom is 0.168 e. The van der Waals surface area contributed by atoms with Crippen molar-refractivity contribution in [1.82, 2.24) is 4.98 Å². The summed E-state index contributed by atoms with van der Waals surface area (Å²) in [6.07, 6.45) is 0. The van der Waals surface area contributed by atoms with E-state index in [4.69, 9.17) is 0 Å². The maximum atomic E-state index is 13.5. The van der Waals surface area contributed by atoms with Crippen molar-refractivity contribution in [3.63, 3.8) is 0 Å². The number of pyridine rings is 1. The van der Waals surface area contributed by atoms with Crippen LogP contribution in [0.1, 0.15) is 0 Å². The number of benzene rings is 1. The Balaban J connectivity index is 2.34. The Morgan fingerprint density at radius 3 is 2.32 bits per heavy atom. The van der Waals surface area contributed by atoms with Crippen molar-refractivity contribution >= 4 is 17.6 Å². The SMILES string of the molecule is CNc1nc(Sc2ccc(F)c(F)c2)c(F)cc1F. The number of aromatic nitrogens is 1. The topological polar surface area (TPSA) is 24.9 Å². The van der Waals surface area contributed by atoms with Crippen LogP contribution in [-0.2, 0) is 0 Å². The number of nitrogens with zero attached hydrogens (tertiary/aromatic N) is 1. The Bertz CT molecular complexity index is 619. The smallest absolute Gasteiger partial charge is 0.168 e. The predicted molar refractivity (Wildman–Crippen MR) is 64.2 cm³/mol. The van der Waals surface area contributed by atoms with Crippen molar-refractivity contribution in [3.8, 4) is 0 Å². The van der Waals surface area contributed by atoms with Gasteiger partial charge in [-0.3, -0.25) is 0 Å². The Morgan fingerprint density at radius 1 is 0.947 bits per heavy atom. The van der Waals surface area contributed by atoms with Crippen LogP contribution in [0.2, 0.25) is 0 Å². The van der Waals surface area contributed by atoms with Gasteiger partial charge in [-0.1, -0.05) is 11.8 Å². The average Bonchev–Trinajstić information content (AvgIpc) is 2.37. The molecule has 1 aromatic carbocycles. The van der Waals surface area contributed by atoms with Crippen LogP contribution in [0, 0.1) is 23.3 Å². The van der Waals surface area contributed by atoms with Gasteiger partial charge in [0.25, 0.3) is 0 Å². The van der Waals surface area contributed by atoms with Crippen LogP contribution in [-0.4, -0.2) is 12.0 Å². The second-order valence-corrected chi connectivity index (χ2v) is 4.60. The van der Waals surface area contributed by atoms with Gasteiger partial charge in [0, 0.05) is 18.0 Å². The lowest BCUT2D eigenvalue weighted by molar-refractivity contribution is 0.506. The number of nitrogens with one attached hydrogen (secondary N) is 1. The molecule has 1 heterocycles. The van der Waals surface area contributed by atoms with E-state index in [9.17, 15) is 17.6 Å². The van der Waals surface area contributed by atoms with Crippen LogP contribution in [0.3, 0.4) is 0 Å². The fraction of sp³-hybridized carbons (Fsp3) is 0.0833. The van der Waals surface area contributed by atoms with E-state index in [0.29, 0.717) is 6.07 Å². The van der Waals surface area contributed by atoms with E-state index in [2.05, 4.69) is 10.3 Å². The third kappa shape index (κ3) is 2.98. The molecule has 0 aliphatic carbocycles. The predicted octanol–water partition coefficient (Wildman–Crippen LogP) is 3.83. The normalized spacial score (nSPS) is 10.6. The molecule has 7 heteroatoms. The molecular weight excluding hydrogens is 280 g/mol. The molecule has 0 unspecified atom stereocenters. The first-order valence-electron chi connectivity index (χ1n) is 5.18. The lowest BCUT2D eigenvalue weighted by atomic mass is 10.3. The minimum atomic E-state index is -1.04. The van der Waals surface area contributed by atoms with E-state index in [0.717, 1.165) is 23.9 Å². The summed E-state index contributed by atoms with van der Waals surface area (Å²) in [5, 5.41) is 2.34. The van der Waals surface area contributed by atoms with Crippen LogP contribution in [0.25, 0.3) is 0 Å². The van der Waals surface area contributed by atoms with Crippen LogP contribution < -0.4 is 5.32 Å². The molecule has 0 saturated heterocycles. The Labute approximate surface area is 110 Å². The highest BCUT2D eigenvalue weighted by atomic mass is 32.2. The van der Waals surface area contributed by atoms with E-state index in [1.807, 2.05) is 0 Å². The van der Waals surface area contributed by atoms with Crippen molar-refractivity contribution in [2.24, 2.45) is 0 Å². The van der Waals surface area contributed by atoms with Crippen molar-refractivity contribution in [2.75, 3.05) is 12.4 Å². The first-order valence-corrected chi connectivity index (χ1v) is 5.99. The molecular formula is C12H8F4N2S. The average molecular weight is 288 g/mol. The van der Waals surface area contributed by atoms with Gasteiger partial charge in [0.1, 0.15) is 5.03 Å². The molecule has 100 valence electrons. The Kier molecular flexibility index (Phi) is 3.94. The summed E-state index contributed by atoms with van der Waals surface area (Å²) >= 11 is 0.776. The zero-order valence-electron chi connectivity index (χ0n) is 9.68. The van der Waals surface area contributed by atoms with Gasteiger partial charge in [-0.15, -0.1) is 0 Å². The Hall–Kier alpha value is -1.76. The van der Waals surface area contributed by atoms with Crippen molar-refractivity contribution in [3.05, 3.63) is 47.5 Å². The van der Waals surface area contributed by atoms with Crippen molar-refractivity contribution in [2.45, 2.75) is 9.92 Å². The van der Waals surface area contributed by atoms with E-state index in [-0.39, 0.29) is 15.7 Å². The zero-order valence-corrected chi connectivity index (χ0v) is 10.5. The molecule has 0 fully saturated rings. The van der Waals surface area contributed by atoms with Gasteiger partial charge in [-0.2, -0.15) is 0 Å². The standard InChI is InChI=1S/C12H8F4N2S/c1-17-11-9(15)5-10(16)12(18-11)19-6-2-3-7(13)8(14)4-6/h2-5H,1H3,(H,17,18). The van der Waals surface area contributed by atoms with E-state index in [1.54, 1.807) is 0 Å². The number of hydrogen-bond acceptors (Lipinski definition) is 3. The highest BCUT2D eigenvalue weighted by Crippen LogP contribution is 2.30. The molecule has 0 atom stereocenters. The quantitative estimate of drug-likeness (QED) is 0.869. The molecule has 1 N–H and O–H groups in total. The monoisotopic (exact) mass is 288 g/mol. The largest absolute Gasteiger partial charge is 0.371 e. The zero-order chi connectivity index (χ0) is 14.0. The summed E-state index contributed by atoms with van der Waals surface area (Å²) < 4.78 is 52.5. The van der Waals surface area contributed by atoms with Crippen LogP contribution >= 0.6 is 11.8 Å². The summed E-state index contributed by atoms with van der Waals surface area (Å²) in [5.74, 6) is -3.85. The molecule has 0 aliphatic rings. The van der Waals surface area contributed by atoms with Gasteiger partial charge in [0.15, 0.2) is 29.1 Å². The molecule has 0 saturated carbocycles. The fourth-order valence-electron chi connectivity index (χ4n) is 1.35. The third-order valence-corrected chi connectivity index (χ3v) is 3.21. The summed E-state index contributed by atoms with van der Waals surface area (Å²) in [6, 6.07) is 3.81. The van der Waals surface area contributed by atoms with Gasteiger partial charge in [0.05, 0.1) is 0 Å². The van der Waals surface area contributed by atoms with E-state index < -0.39 is 23.3 Å².